The normalized spacial score (nSPS) is 18.8. The first-order valence-corrected chi connectivity index (χ1v) is 8.77. The first kappa shape index (κ1) is 15.7. The molecule has 0 unspecified atom stereocenters. The Morgan fingerprint density at radius 1 is 1.20 bits per heavy atom. The molecule has 2 heterocycles. The summed E-state index contributed by atoms with van der Waals surface area (Å²) in [6, 6.07) is 14.8. The number of nitrogens with zero attached hydrogens (tertiary/aromatic N) is 2. The molecule has 5 nitrogen and oxygen atoms in total. The summed E-state index contributed by atoms with van der Waals surface area (Å²) in [4.78, 5) is 29.5. The van der Waals surface area contributed by atoms with Crippen molar-refractivity contribution in [1.29, 1.82) is 0 Å². The van der Waals surface area contributed by atoms with Gasteiger partial charge in [-0.1, -0.05) is 18.2 Å². The molecule has 25 heavy (non-hydrogen) atoms. The molecule has 2 aliphatic heterocycles. The van der Waals surface area contributed by atoms with Gasteiger partial charge in [0, 0.05) is 24.3 Å². The smallest absolute Gasteiger partial charge is 0.257 e. The molecule has 128 valence electrons. The summed E-state index contributed by atoms with van der Waals surface area (Å²) in [7, 11) is 0. The molecule has 0 radical (unpaired) electrons. The molecule has 2 aliphatic rings. The fourth-order valence-electron chi connectivity index (χ4n) is 3.82. The zero-order chi connectivity index (χ0) is 17.4. The first-order valence-electron chi connectivity index (χ1n) is 8.77. The van der Waals surface area contributed by atoms with Crippen molar-refractivity contribution in [3.05, 3.63) is 59.7 Å². The molecular formula is C20H21N3O2. The summed E-state index contributed by atoms with van der Waals surface area (Å²) in [5.41, 5.74) is 2.89. The van der Waals surface area contributed by atoms with E-state index in [2.05, 4.69) is 17.1 Å². The average Bonchev–Trinajstić information content (AvgIpc) is 3.12. The Bertz CT molecular complexity index is 819. The molecule has 0 bridgehead atoms. The Hall–Kier alpha value is -2.82. The number of fused-ring (bicyclic) bond motifs is 2. The Labute approximate surface area is 147 Å². The topological polar surface area (TPSA) is 52.7 Å². The van der Waals surface area contributed by atoms with Gasteiger partial charge in [0.1, 0.15) is 6.17 Å². The molecule has 1 N–H and O–H groups in total. The highest BCUT2D eigenvalue weighted by molar-refractivity contribution is 6.08. The van der Waals surface area contributed by atoms with Crippen LogP contribution in [0, 0.1) is 0 Å². The van der Waals surface area contributed by atoms with Gasteiger partial charge in [-0.25, -0.2) is 0 Å². The molecule has 2 aromatic rings. The number of carbonyl (C=O) groups excluding carboxylic acids is 2. The summed E-state index contributed by atoms with van der Waals surface area (Å²) >= 11 is 0. The lowest BCUT2D eigenvalue weighted by Crippen LogP contribution is -2.52. The monoisotopic (exact) mass is 335 g/mol. The van der Waals surface area contributed by atoms with Gasteiger partial charge in [0.05, 0.1) is 11.3 Å². The van der Waals surface area contributed by atoms with E-state index in [4.69, 9.17) is 0 Å². The van der Waals surface area contributed by atoms with Crippen LogP contribution in [0.1, 0.15) is 40.5 Å². The van der Waals surface area contributed by atoms with E-state index in [0.717, 1.165) is 37.3 Å². The average molecular weight is 335 g/mol. The van der Waals surface area contributed by atoms with E-state index in [1.165, 1.54) is 0 Å². The first-order chi connectivity index (χ1) is 12.2. The fourth-order valence-corrected chi connectivity index (χ4v) is 3.82. The Morgan fingerprint density at radius 2 is 2.00 bits per heavy atom. The number of hydrogen-bond donors (Lipinski definition) is 1. The minimum Gasteiger partial charge on any atom is -0.351 e. The fraction of sp³-hybridized carbons (Fsp3) is 0.300. The third-order valence-corrected chi connectivity index (χ3v) is 5.01. The molecule has 1 fully saturated rings. The van der Waals surface area contributed by atoms with Crippen molar-refractivity contribution in [2.75, 3.05) is 23.3 Å². The maximum Gasteiger partial charge on any atom is 0.257 e. The van der Waals surface area contributed by atoms with Crippen molar-refractivity contribution in [3.63, 3.8) is 0 Å². The molecular weight excluding hydrogens is 314 g/mol. The van der Waals surface area contributed by atoms with Crippen molar-refractivity contribution >= 4 is 23.2 Å². The van der Waals surface area contributed by atoms with Crippen molar-refractivity contribution in [1.82, 2.24) is 4.90 Å². The van der Waals surface area contributed by atoms with E-state index in [1.807, 2.05) is 41.3 Å². The highest BCUT2D eigenvalue weighted by Crippen LogP contribution is 2.36. The van der Waals surface area contributed by atoms with Gasteiger partial charge < -0.3 is 15.1 Å². The minimum absolute atomic E-state index is 0.0808. The second-order valence-electron chi connectivity index (χ2n) is 6.46. The van der Waals surface area contributed by atoms with Crippen LogP contribution in [0.15, 0.2) is 48.5 Å². The second kappa shape index (κ2) is 6.24. The van der Waals surface area contributed by atoms with Gasteiger partial charge in [-0.2, -0.15) is 0 Å². The highest BCUT2D eigenvalue weighted by atomic mass is 16.2. The number of benzene rings is 2. The quantitative estimate of drug-likeness (QED) is 0.936. The predicted molar refractivity (Wildman–Crippen MR) is 97.9 cm³/mol. The van der Waals surface area contributed by atoms with E-state index >= 15 is 0 Å². The molecule has 2 aromatic carbocycles. The van der Waals surface area contributed by atoms with E-state index in [0.29, 0.717) is 11.1 Å². The Morgan fingerprint density at radius 3 is 2.76 bits per heavy atom. The lowest BCUT2D eigenvalue weighted by atomic mass is 10.0. The van der Waals surface area contributed by atoms with Crippen LogP contribution in [-0.2, 0) is 0 Å². The summed E-state index contributed by atoms with van der Waals surface area (Å²) < 4.78 is 0. The van der Waals surface area contributed by atoms with Crippen molar-refractivity contribution < 1.29 is 9.59 Å². The lowest BCUT2D eigenvalue weighted by Gasteiger charge is -2.41. The molecule has 2 amide bonds. The van der Waals surface area contributed by atoms with Gasteiger partial charge in [0.15, 0.2) is 0 Å². The van der Waals surface area contributed by atoms with E-state index in [-0.39, 0.29) is 18.0 Å². The number of amides is 2. The van der Waals surface area contributed by atoms with E-state index < -0.39 is 0 Å². The zero-order valence-corrected chi connectivity index (χ0v) is 14.2. The standard InChI is InChI=1S/C20H21N3O2/c1-2-22-17-13-14(19(24)21-15-7-4-3-5-8-15)10-11-16(17)20(25)23-12-6-9-18(22)23/h3-5,7-8,10-11,13,18H,2,6,9,12H2,1H3,(H,21,24)/t18-/m1/s1. The molecule has 0 aromatic heterocycles. The maximum atomic E-state index is 12.7. The van der Waals surface area contributed by atoms with Gasteiger partial charge in [-0.15, -0.1) is 0 Å². The molecule has 1 saturated heterocycles. The summed E-state index contributed by atoms with van der Waals surface area (Å²) in [6.07, 6.45) is 2.14. The number of hydrogen-bond acceptors (Lipinski definition) is 3. The summed E-state index contributed by atoms with van der Waals surface area (Å²) in [6.45, 7) is 3.72. The number of carbonyl (C=O) groups is 2. The Kier molecular flexibility index (Phi) is 3.92. The molecule has 0 aliphatic carbocycles. The summed E-state index contributed by atoms with van der Waals surface area (Å²) in [5.74, 6) is -0.0800. The SMILES string of the molecule is CCN1c2cc(C(=O)Nc3ccccc3)ccc2C(=O)N2CCC[C@@H]21. The van der Waals surface area contributed by atoms with Gasteiger partial charge >= 0.3 is 0 Å². The predicted octanol–water partition coefficient (Wildman–Crippen LogP) is 3.34. The third-order valence-electron chi connectivity index (χ3n) is 5.01. The van der Waals surface area contributed by atoms with Gasteiger partial charge in [-0.3, -0.25) is 9.59 Å². The van der Waals surface area contributed by atoms with E-state index in [9.17, 15) is 9.59 Å². The van der Waals surface area contributed by atoms with Crippen LogP contribution in [0.3, 0.4) is 0 Å². The zero-order valence-electron chi connectivity index (χ0n) is 14.2. The van der Waals surface area contributed by atoms with Crippen LogP contribution in [0.4, 0.5) is 11.4 Å². The van der Waals surface area contributed by atoms with Crippen LogP contribution in [0.5, 0.6) is 0 Å². The van der Waals surface area contributed by atoms with Crippen LogP contribution in [0.2, 0.25) is 0 Å². The third kappa shape index (κ3) is 2.65. The molecule has 4 rings (SSSR count). The van der Waals surface area contributed by atoms with Gasteiger partial charge in [0.25, 0.3) is 11.8 Å². The van der Waals surface area contributed by atoms with Gasteiger partial charge in [0.2, 0.25) is 0 Å². The van der Waals surface area contributed by atoms with Gasteiger partial charge in [-0.05, 0) is 50.1 Å². The maximum absolute atomic E-state index is 12.7. The lowest BCUT2D eigenvalue weighted by molar-refractivity contribution is 0.0715. The summed E-state index contributed by atoms with van der Waals surface area (Å²) in [5, 5.41) is 2.90. The van der Waals surface area contributed by atoms with Crippen molar-refractivity contribution in [2.45, 2.75) is 25.9 Å². The Balaban J connectivity index is 1.67. The minimum atomic E-state index is -0.161. The number of para-hydroxylation sites is 1. The molecule has 0 spiro atoms. The van der Waals surface area contributed by atoms with Crippen LogP contribution >= 0.6 is 0 Å². The molecule has 5 heteroatoms. The largest absolute Gasteiger partial charge is 0.351 e. The van der Waals surface area contributed by atoms with Crippen LogP contribution in [-0.4, -0.2) is 36.0 Å². The molecule has 0 saturated carbocycles. The number of anilines is 2. The van der Waals surface area contributed by atoms with Crippen molar-refractivity contribution in [2.24, 2.45) is 0 Å². The number of rotatable bonds is 3. The van der Waals surface area contributed by atoms with Crippen LogP contribution < -0.4 is 10.2 Å². The number of nitrogens with one attached hydrogen (secondary N) is 1. The highest BCUT2D eigenvalue weighted by Gasteiger charge is 2.39. The molecule has 1 atom stereocenters. The van der Waals surface area contributed by atoms with Crippen LogP contribution in [0.25, 0.3) is 0 Å². The van der Waals surface area contributed by atoms with E-state index in [1.54, 1.807) is 12.1 Å². The van der Waals surface area contributed by atoms with Crippen molar-refractivity contribution in [3.8, 4) is 0 Å². The second-order valence-corrected chi connectivity index (χ2v) is 6.46.